The molecule has 3 heteroatoms. The maximum absolute atomic E-state index is 5.66. The minimum absolute atomic E-state index is 0.211. The second-order valence-electron chi connectivity index (χ2n) is 4.07. The molecule has 0 fully saturated rings. The van der Waals surface area contributed by atoms with Crippen molar-refractivity contribution in [3.8, 4) is 0 Å². The minimum atomic E-state index is 0.211. The van der Waals surface area contributed by atoms with Crippen LogP contribution in [0.1, 0.15) is 28.3 Å². The molecule has 90 valence electrons. The summed E-state index contributed by atoms with van der Waals surface area (Å²) >= 11 is 1.84. The Kier molecular flexibility index (Phi) is 4.31. The first-order valence-electron chi connectivity index (χ1n) is 5.92. The average molecular weight is 246 g/mol. The number of nitrogens with two attached hydrogens (primary N) is 1. The van der Waals surface area contributed by atoms with Crippen LogP contribution in [0.4, 0.5) is 0 Å². The van der Waals surface area contributed by atoms with Gasteiger partial charge in [0.25, 0.3) is 0 Å². The summed E-state index contributed by atoms with van der Waals surface area (Å²) in [6.45, 7) is 2.18. The number of hydrogen-bond donors (Lipinski definition) is 2. The van der Waals surface area contributed by atoms with Crippen molar-refractivity contribution in [3.05, 3.63) is 57.8 Å². The Bertz CT molecular complexity index is 450. The van der Waals surface area contributed by atoms with E-state index in [1.54, 1.807) is 0 Å². The fraction of sp³-hybridized carbons (Fsp3) is 0.286. The first kappa shape index (κ1) is 12.3. The Morgan fingerprint density at radius 1 is 1.18 bits per heavy atom. The summed E-state index contributed by atoms with van der Waals surface area (Å²) in [6, 6.07) is 15.0. The van der Waals surface area contributed by atoms with E-state index in [0.29, 0.717) is 0 Å². The molecule has 0 aliphatic carbocycles. The van der Waals surface area contributed by atoms with E-state index >= 15 is 0 Å². The molecule has 0 aliphatic heterocycles. The third-order valence-electron chi connectivity index (χ3n) is 2.86. The molecule has 1 aromatic carbocycles. The van der Waals surface area contributed by atoms with E-state index in [0.717, 1.165) is 12.8 Å². The molecule has 0 spiro atoms. The van der Waals surface area contributed by atoms with Gasteiger partial charge in [0.1, 0.15) is 0 Å². The molecule has 1 unspecified atom stereocenters. The van der Waals surface area contributed by atoms with Crippen LogP contribution in [-0.2, 0) is 12.8 Å². The molecule has 0 saturated heterocycles. The van der Waals surface area contributed by atoms with Gasteiger partial charge in [-0.1, -0.05) is 37.3 Å². The SMILES string of the molecule is CCc1ccc(C(Cc2ccccc2)NN)s1. The summed E-state index contributed by atoms with van der Waals surface area (Å²) in [5.74, 6) is 5.66. The van der Waals surface area contributed by atoms with Crippen LogP contribution in [0.5, 0.6) is 0 Å². The van der Waals surface area contributed by atoms with Crippen LogP contribution in [0.25, 0.3) is 0 Å². The van der Waals surface area contributed by atoms with Gasteiger partial charge in [0.2, 0.25) is 0 Å². The lowest BCUT2D eigenvalue weighted by Crippen LogP contribution is -2.28. The topological polar surface area (TPSA) is 38.0 Å². The molecule has 0 bridgehead atoms. The predicted molar refractivity (Wildman–Crippen MR) is 73.9 cm³/mol. The van der Waals surface area contributed by atoms with Gasteiger partial charge in [-0.2, -0.15) is 0 Å². The van der Waals surface area contributed by atoms with Crippen molar-refractivity contribution < 1.29 is 0 Å². The molecular weight excluding hydrogens is 228 g/mol. The Hall–Kier alpha value is -1.16. The Morgan fingerprint density at radius 2 is 1.94 bits per heavy atom. The van der Waals surface area contributed by atoms with Gasteiger partial charge >= 0.3 is 0 Å². The Morgan fingerprint density at radius 3 is 2.53 bits per heavy atom. The number of thiophene rings is 1. The first-order valence-corrected chi connectivity index (χ1v) is 6.73. The lowest BCUT2D eigenvalue weighted by Gasteiger charge is -2.14. The maximum atomic E-state index is 5.66. The Balaban J connectivity index is 2.11. The number of aryl methyl sites for hydroxylation is 1. The summed E-state index contributed by atoms with van der Waals surface area (Å²) in [5.41, 5.74) is 4.22. The van der Waals surface area contributed by atoms with Crippen LogP contribution in [0.15, 0.2) is 42.5 Å². The van der Waals surface area contributed by atoms with Crippen molar-refractivity contribution in [1.29, 1.82) is 0 Å². The number of benzene rings is 1. The highest BCUT2D eigenvalue weighted by molar-refractivity contribution is 7.12. The summed E-state index contributed by atoms with van der Waals surface area (Å²) in [5, 5.41) is 0. The standard InChI is InChI=1S/C14H18N2S/c1-2-12-8-9-14(17-12)13(16-15)10-11-6-4-3-5-7-11/h3-9,13,16H,2,10,15H2,1H3. The molecule has 2 nitrogen and oxygen atoms in total. The van der Waals surface area contributed by atoms with E-state index in [1.807, 2.05) is 17.4 Å². The second kappa shape index (κ2) is 5.96. The highest BCUT2D eigenvalue weighted by Crippen LogP contribution is 2.25. The average Bonchev–Trinajstić information content (AvgIpc) is 2.86. The Labute approximate surface area is 106 Å². The zero-order valence-corrected chi connectivity index (χ0v) is 10.8. The molecule has 0 aliphatic rings. The van der Waals surface area contributed by atoms with E-state index in [-0.39, 0.29) is 6.04 Å². The van der Waals surface area contributed by atoms with Crippen molar-refractivity contribution in [2.24, 2.45) is 5.84 Å². The summed E-state index contributed by atoms with van der Waals surface area (Å²) < 4.78 is 0. The molecule has 1 aromatic heterocycles. The molecule has 3 N–H and O–H groups in total. The maximum Gasteiger partial charge on any atom is 0.0593 e. The van der Waals surface area contributed by atoms with Gasteiger partial charge in [-0.15, -0.1) is 11.3 Å². The molecule has 17 heavy (non-hydrogen) atoms. The number of hydrazine groups is 1. The molecular formula is C14H18N2S. The monoisotopic (exact) mass is 246 g/mol. The van der Waals surface area contributed by atoms with Gasteiger partial charge in [-0.25, -0.2) is 0 Å². The van der Waals surface area contributed by atoms with E-state index in [2.05, 4.69) is 48.7 Å². The lowest BCUT2D eigenvalue weighted by atomic mass is 10.1. The normalized spacial score (nSPS) is 12.6. The third kappa shape index (κ3) is 3.16. The van der Waals surface area contributed by atoms with E-state index in [4.69, 9.17) is 5.84 Å². The fourth-order valence-corrected chi connectivity index (χ4v) is 2.88. The van der Waals surface area contributed by atoms with E-state index in [9.17, 15) is 0 Å². The van der Waals surface area contributed by atoms with Crippen molar-refractivity contribution in [2.45, 2.75) is 25.8 Å². The lowest BCUT2D eigenvalue weighted by molar-refractivity contribution is 0.560. The largest absolute Gasteiger partial charge is 0.271 e. The van der Waals surface area contributed by atoms with Gasteiger partial charge in [-0.05, 0) is 30.5 Å². The summed E-state index contributed by atoms with van der Waals surface area (Å²) in [7, 11) is 0. The molecule has 1 heterocycles. The summed E-state index contributed by atoms with van der Waals surface area (Å²) in [4.78, 5) is 2.72. The number of rotatable bonds is 5. The van der Waals surface area contributed by atoms with Gasteiger partial charge in [-0.3, -0.25) is 11.3 Å². The first-order chi connectivity index (χ1) is 8.33. The quantitative estimate of drug-likeness (QED) is 0.628. The van der Waals surface area contributed by atoms with Crippen LogP contribution < -0.4 is 11.3 Å². The van der Waals surface area contributed by atoms with Crippen LogP contribution in [0.2, 0.25) is 0 Å². The second-order valence-corrected chi connectivity index (χ2v) is 5.27. The van der Waals surface area contributed by atoms with Gasteiger partial charge in [0, 0.05) is 9.75 Å². The van der Waals surface area contributed by atoms with Crippen LogP contribution in [-0.4, -0.2) is 0 Å². The minimum Gasteiger partial charge on any atom is -0.271 e. The van der Waals surface area contributed by atoms with Crippen molar-refractivity contribution in [3.63, 3.8) is 0 Å². The molecule has 0 amide bonds. The predicted octanol–water partition coefficient (Wildman–Crippen LogP) is 3.06. The van der Waals surface area contributed by atoms with Gasteiger partial charge < -0.3 is 0 Å². The van der Waals surface area contributed by atoms with Crippen molar-refractivity contribution in [1.82, 2.24) is 5.43 Å². The summed E-state index contributed by atoms with van der Waals surface area (Å²) in [6.07, 6.45) is 2.02. The van der Waals surface area contributed by atoms with Gasteiger partial charge in [0.15, 0.2) is 0 Å². The van der Waals surface area contributed by atoms with Crippen molar-refractivity contribution in [2.75, 3.05) is 0 Å². The molecule has 0 saturated carbocycles. The highest BCUT2D eigenvalue weighted by Gasteiger charge is 2.12. The molecule has 0 radical (unpaired) electrons. The molecule has 1 atom stereocenters. The van der Waals surface area contributed by atoms with Crippen LogP contribution in [0.3, 0.4) is 0 Å². The fourth-order valence-electron chi connectivity index (χ4n) is 1.86. The van der Waals surface area contributed by atoms with E-state index in [1.165, 1.54) is 15.3 Å². The molecule has 2 aromatic rings. The van der Waals surface area contributed by atoms with Gasteiger partial charge in [0.05, 0.1) is 6.04 Å². The zero-order chi connectivity index (χ0) is 12.1. The van der Waals surface area contributed by atoms with Crippen LogP contribution in [0, 0.1) is 0 Å². The van der Waals surface area contributed by atoms with Crippen LogP contribution >= 0.6 is 11.3 Å². The number of hydrogen-bond acceptors (Lipinski definition) is 3. The van der Waals surface area contributed by atoms with Crippen molar-refractivity contribution >= 4 is 11.3 Å². The highest BCUT2D eigenvalue weighted by atomic mass is 32.1. The van der Waals surface area contributed by atoms with E-state index < -0.39 is 0 Å². The third-order valence-corrected chi connectivity index (χ3v) is 4.20. The zero-order valence-electron chi connectivity index (χ0n) is 10.0. The number of nitrogens with one attached hydrogen (secondary N) is 1. The molecule has 2 rings (SSSR count). The smallest absolute Gasteiger partial charge is 0.0593 e.